The second-order valence-electron chi connectivity index (χ2n) is 6.38. The normalized spacial score (nSPS) is 31.3. The van der Waals surface area contributed by atoms with Crippen LogP contribution in [0.3, 0.4) is 0 Å². The molecule has 0 aliphatic heterocycles. The summed E-state index contributed by atoms with van der Waals surface area (Å²) in [6.07, 6.45) is 6.67. The number of hydrogen-bond donors (Lipinski definition) is 1. The molecular formula is C18H22O6. The van der Waals surface area contributed by atoms with Crippen LogP contribution < -0.4 is 0 Å². The maximum atomic E-state index is 12.5. The van der Waals surface area contributed by atoms with Gasteiger partial charge in [0, 0.05) is 11.5 Å². The molecular weight excluding hydrogens is 312 g/mol. The van der Waals surface area contributed by atoms with Crippen molar-refractivity contribution in [1.82, 2.24) is 0 Å². The molecule has 5 atom stereocenters. The molecule has 2 bridgehead atoms. The number of allylic oxidation sites excluding steroid dienone is 2. The fraction of sp³-hybridized carbons (Fsp3) is 0.500. The minimum Gasteiger partial charge on any atom is -0.481 e. The highest BCUT2D eigenvalue weighted by Gasteiger charge is 2.61. The molecule has 2 rings (SSSR count). The zero-order valence-corrected chi connectivity index (χ0v) is 13.6. The molecule has 1 fully saturated rings. The molecule has 5 unspecified atom stereocenters. The van der Waals surface area contributed by atoms with Crippen LogP contribution in [0.1, 0.15) is 19.8 Å². The Labute approximate surface area is 140 Å². The lowest BCUT2D eigenvalue weighted by atomic mass is 9.70. The lowest BCUT2D eigenvalue weighted by Crippen LogP contribution is -2.41. The summed E-state index contributed by atoms with van der Waals surface area (Å²) in [5.74, 6) is -3.94. The fourth-order valence-electron chi connectivity index (χ4n) is 4.01. The molecule has 6 heteroatoms. The topological polar surface area (TPSA) is 89.9 Å². The third kappa shape index (κ3) is 3.27. The van der Waals surface area contributed by atoms with Gasteiger partial charge in [0.1, 0.15) is 12.7 Å². The van der Waals surface area contributed by atoms with Crippen molar-refractivity contribution in [2.45, 2.75) is 25.9 Å². The Kier molecular flexibility index (Phi) is 5.26. The maximum absolute atomic E-state index is 12.5. The second-order valence-corrected chi connectivity index (χ2v) is 6.38. The molecule has 0 spiro atoms. The molecule has 0 aromatic carbocycles. The average molecular weight is 334 g/mol. The predicted octanol–water partition coefficient (Wildman–Crippen LogP) is 2.12. The monoisotopic (exact) mass is 334 g/mol. The predicted molar refractivity (Wildman–Crippen MR) is 85.8 cm³/mol. The van der Waals surface area contributed by atoms with Crippen molar-refractivity contribution in [3.8, 4) is 0 Å². The Morgan fingerprint density at radius 1 is 1.42 bits per heavy atom. The lowest BCUT2D eigenvalue weighted by molar-refractivity contribution is -0.160. The fourth-order valence-corrected chi connectivity index (χ4v) is 4.01. The molecule has 6 nitrogen and oxygen atoms in total. The standard InChI is InChI=1S/C18H22O6/c1-4-8-23-17(22)15-14(16(20)21)12-6-7-18(15,10-12)9-11(3)24-13(19)5-2/h4-7,11-12,14-15H,1-2,8-10H2,3H3,(H,20,21). The van der Waals surface area contributed by atoms with Crippen LogP contribution in [0.4, 0.5) is 0 Å². The SMILES string of the molecule is C=CCOC(=O)C1C(C(=O)O)C2C=CC1(CC(C)OC(=O)C=C)C2. The summed E-state index contributed by atoms with van der Waals surface area (Å²) in [5, 5.41) is 9.55. The van der Waals surface area contributed by atoms with Gasteiger partial charge in [-0.3, -0.25) is 9.59 Å². The molecule has 0 aromatic rings. The Morgan fingerprint density at radius 2 is 2.12 bits per heavy atom. The van der Waals surface area contributed by atoms with E-state index in [1.807, 2.05) is 12.2 Å². The molecule has 0 aromatic heterocycles. The summed E-state index contributed by atoms with van der Waals surface area (Å²) in [5.41, 5.74) is -0.674. The first kappa shape index (κ1) is 18.0. The van der Waals surface area contributed by atoms with Crippen molar-refractivity contribution in [3.63, 3.8) is 0 Å². The Hall–Kier alpha value is -2.37. The Balaban J connectivity index is 2.24. The molecule has 1 saturated carbocycles. The average Bonchev–Trinajstić information content (AvgIpc) is 3.07. The summed E-state index contributed by atoms with van der Waals surface area (Å²) in [4.78, 5) is 35.5. The molecule has 1 N–H and O–H groups in total. The number of ether oxygens (including phenoxy) is 2. The van der Waals surface area contributed by atoms with E-state index in [1.54, 1.807) is 6.92 Å². The number of fused-ring (bicyclic) bond motifs is 2. The third-order valence-electron chi connectivity index (χ3n) is 4.76. The zero-order chi connectivity index (χ0) is 17.9. The van der Waals surface area contributed by atoms with Gasteiger partial charge < -0.3 is 14.6 Å². The van der Waals surface area contributed by atoms with Gasteiger partial charge in [-0.1, -0.05) is 31.4 Å². The molecule has 2 aliphatic rings. The van der Waals surface area contributed by atoms with E-state index >= 15 is 0 Å². The highest BCUT2D eigenvalue weighted by Crippen LogP contribution is 2.59. The van der Waals surface area contributed by atoms with E-state index < -0.39 is 41.3 Å². The van der Waals surface area contributed by atoms with E-state index in [2.05, 4.69) is 13.2 Å². The number of aliphatic carboxylic acids is 1. The highest BCUT2D eigenvalue weighted by atomic mass is 16.5. The van der Waals surface area contributed by atoms with Crippen molar-refractivity contribution >= 4 is 17.9 Å². The van der Waals surface area contributed by atoms with Gasteiger partial charge in [-0.15, -0.1) is 0 Å². The van der Waals surface area contributed by atoms with Crippen LogP contribution in [-0.4, -0.2) is 35.7 Å². The number of carboxylic acids is 1. The molecule has 0 heterocycles. The maximum Gasteiger partial charge on any atom is 0.330 e. The summed E-state index contributed by atoms with van der Waals surface area (Å²) >= 11 is 0. The van der Waals surface area contributed by atoms with Gasteiger partial charge in [-0.2, -0.15) is 0 Å². The van der Waals surface area contributed by atoms with Crippen molar-refractivity contribution in [2.75, 3.05) is 6.61 Å². The summed E-state index contributed by atoms with van der Waals surface area (Å²) < 4.78 is 10.3. The van der Waals surface area contributed by atoms with E-state index in [1.165, 1.54) is 6.08 Å². The first-order valence-corrected chi connectivity index (χ1v) is 7.87. The van der Waals surface area contributed by atoms with Gasteiger partial charge in [0.2, 0.25) is 0 Å². The number of hydrogen-bond acceptors (Lipinski definition) is 5. The van der Waals surface area contributed by atoms with Crippen LogP contribution in [-0.2, 0) is 23.9 Å². The summed E-state index contributed by atoms with van der Waals surface area (Å²) in [7, 11) is 0. The molecule has 130 valence electrons. The molecule has 0 radical (unpaired) electrons. The van der Waals surface area contributed by atoms with Crippen LogP contribution in [0.25, 0.3) is 0 Å². The van der Waals surface area contributed by atoms with Crippen LogP contribution in [0.15, 0.2) is 37.5 Å². The molecule has 0 amide bonds. The number of carboxylic acid groups (broad SMARTS) is 1. The van der Waals surface area contributed by atoms with Crippen LogP contribution in [0.5, 0.6) is 0 Å². The van der Waals surface area contributed by atoms with E-state index in [9.17, 15) is 19.5 Å². The zero-order valence-electron chi connectivity index (χ0n) is 13.6. The highest BCUT2D eigenvalue weighted by molar-refractivity contribution is 5.84. The van der Waals surface area contributed by atoms with E-state index in [0.29, 0.717) is 12.8 Å². The van der Waals surface area contributed by atoms with Crippen molar-refractivity contribution in [2.24, 2.45) is 23.2 Å². The first-order chi connectivity index (χ1) is 11.3. The van der Waals surface area contributed by atoms with E-state index in [0.717, 1.165) is 6.08 Å². The second kappa shape index (κ2) is 7.03. The number of carbonyl (C=O) groups is 3. The van der Waals surface area contributed by atoms with Gasteiger partial charge in [0.05, 0.1) is 11.8 Å². The van der Waals surface area contributed by atoms with Gasteiger partial charge in [0.25, 0.3) is 0 Å². The Bertz CT molecular complexity index is 592. The van der Waals surface area contributed by atoms with E-state index in [4.69, 9.17) is 9.47 Å². The first-order valence-electron chi connectivity index (χ1n) is 7.87. The molecule has 24 heavy (non-hydrogen) atoms. The quantitative estimate of drug-likeness (QED) is 0.415. The van der Waals surface area contributed by atoms with Gasteiger partial charge in [0.15, 0.2) is 0 Å². The number of esters is 2. The van der Waals surface area contributed by atoms with Crippen LogP contribution in [0.2, 0.25) is 0 Å². The molecule has 2 aliphatic carbocycles. The van der Waals surface area contributed by atoms with Crippen molar-refractivity contribution in [3.05, 3.63) is 37.5 Å². The third-order valence-corrected chi connectivity index (χ3v) is 4.76. The lowest BCUT2D eigenvalue weighted by Gasteiger charge is -2.34. The van der Waals surface area contributed by atoms with Crippen LogP contribution >= 0.6 is 0 Å². The minimum absolute atomic E-state index is 0.0349. The van der Waals surface area contributed by atoms with Gasteiger partial charge in [-0.25, -0.2) is 4.79 Å². The Morgan fingerprint density at radius 3 is 2.71 bits per heavy atom. The summed E-state index contributed by atoms with van der Waals surface area (Å²) in [6, 6.07) is 0. The van der Waals surface area contributed by atoms with Gasteiger partial charge >= 0.3 is 17.9 Å². The number of rotatable bonds is 8. The van der Waals surface area contributed by atoms with Gasteiger partial charge in [-0.05, 0) is 25.7 Å². The number of carbonyl (C=O) groups excluding carboxylic acids is 2. The van der Waals surface area contributed by atoms with Crippen LogP contribution in [0, 0.1) is 23.2 Å². The molecule has 0 saturated heterocycles. The smallest absolute Gasteiger partial charge is 0.330 e. The summed E-state index contributed by atoms with van der Waals surface area (Å²) in [6.45, 7) is 8.60. The largest absolute Gasteiger partial charge is 0.481 e. The van der Waals surface area contributed by atoms with Crippen molar-refractivity contribution < 1.29 is 29.0 Å². The minimum atomic E-state index is -1.01. The van der Waals surface area contributed by atoms with Crippen molar-refractivity contribution in [1.29, 1.82) is 0 Å². The van der Waals surface area contributed by atoms with E-state index in [-0.39, 0.29) is 12.5 Å².